The van der Waals surface area contributed by atoms with Gasteiger partial charge in [0, 0.05) is 5.54 Å². The topological polar surface area (TPSA) is 53.1 Å². The van der Waals surface area contributed by atoms with Gasteiger partial charge in [-0.2, -0.15) is 4.79 Å². The molecule has 0 saturated heterocycles. The fourth-order valence-electron chi connectivity index (χ4n) is 0.812. The summed E-state index contributed by atoms with van der Waals surface area (Å²) in [5.41, 5.74) is -0.483. The van der Waals surface area contributed by atoms with Crippen LogP contribution in [-0.4, -0.2) is 22.2 Å². The Morgan fingerprint density at radius 2 is 1.91 bits per heavy atom. The number of hydroxylamine groups is 1. The van der Waals surface area contributed by atoms with Gasteiger partial charge in [0.25, 0.3) is 0 Å². The van der Waals surface area contributed by atoms with E-state index in [1.165, 1.54) is 0 Å². The molecule has 0 saturated carbocycles. The van der Waals surface area contributed by atoms with Crippen molar-refractivity contribution in [3.63, 3.8) is 0 Å². The van der Waals surface area contributed by atoms with Gasteiger partial charge in [0.05, 0.1) is 0 Å². The molecule has 0 aromatic rings. The van der Waals surface area contributed by atoms with Crippen LogP contribution in [0.1, 0.15) is 33.6 Å². The Labute approximate surface area is 67.8 Å². The van der Waals surface area contributed by atoms with E-state index in [1.807, 2.05) is 20.8 Å². The fourth-order valence-corrected chi connectivity index (χ4v) is 0.812. The van der Waals surface area contributed by atoms with Crippen LogP contribution in [0, 0.1) is 5.21 Å². The Kier molecular flexibility index (Phi) is 3.32. The second kappa shape index (κ2) is 3.57. The molecule has 0 unspecified atom stereocenters. The number of rotatable bonds is 4. The SMILES string of the molecule is C=[N+]([NH-])N([O-])C(C)(CC)CC. The number of nitrogens with one attached hydrogen (secondary N) is 1. The van der Waals surface area contributed by atoms with Gasteiger partial charge < -0.3 is 10.4 Å². The van der Waals surface area contributed by atoms with Crippen LogP contribution in [0.5, 0.6) is 0 Å². The summed E-state index contributed by atoms with van der Waals surface area (Å²) in [6.07, 6.45) is 1.44. The molecule has 0 amide bonds. The molecule has 0 aromatic heterocycles. The minimum absolute atomic E-state index is 0.483. The highest BCUT2D eigenvalue weighted by molar-refractivity contribution is 5.14. The van der Waals surface area contributed by atoms with Crippen LogP contribution in [0.3, 0.4) is 0 Å². The molecule has 1 N–H and O–H groups in total. The summed E-state index contributed by atoms with van der Waals surface area (Å²) in [7, 11) is 0. The van der Waals surface area contributed by atoms with E-state index in [0.29, 0.717) is 9.97 Å². The van der Waals surface area contributed by atoms with Gasteiger partial charge in [0.15, 0.2) is 6.72 Å². The zero-order valence-corrected chi connectivity index (χ0v) is 7.42. The van der Waals surface area contributed by atoms with Crippen LogP contribution in [0.25, 0.3) is 5.84 Å². The first-order chi connectivity index (χ1) is 4.98. The van der Waals surface area contributed by atoms with Crippen molar-refractivity contribution in [3.05, 3.63) is 11.0 Å². The molecule has 0 rings (SSSR count). The maximum atomic E-state index is 11.2. The summed E-state index contributed by atoms with van der Waals surface area (Å²) in [5.74, 6) is 6.98. The Morgan fingerprint density at radius 1 is 1.55 bits per heavy atom. The third-order valence-corrected chi connectivity index (χ3v) is 2.20. The monoisotopic (exact) mass is 158 g/mol. The predicted molar refractivity (Wildman–Crippen MR) is 45.9 cm³/mol. The Hall–Kier alpha value is -0.770. The number of hydrogen-bond acceptors (Lipinski definition) is 2. The first-order valence-corrected chi connectivity index (χ1v) is 3.77. The van der Waals surface area contributed by atoms with Gasteiger partial charge in [-0.15, -0.1) is 0 Å². The molecule has 0 aromatic carbocycles. The Bertz CT molecular complexity index is 143. The molecule has 0 aliphatic heterocycles. The van der Waals surface area contributed by atoms with E-state index in [2.05, 4.69) is 6.72 Å². The quantitative estimate of drug-likeness (QED) is 0.357. The first-order valence-electron chi connectivity index (χ1n) is 3.77. The molecule has 0 aliphatic carbocycles. The molecule has 4 nitrogen and oxygen atoms in total. The summed E-state index contributed by atoms with van der Waals surface area (Å²) in [4.78, 5) is 0.590. The lowest BCUT2D eigenvalue weighted by molar-refractivity contribution is -0.635. The molecule has 66 valence electrons. The van der Waals surface area contributed by atoms with E-state index in [1.54, 1.807) is 0 Å². The summed E-state index contributed by atoms with van der Waals surface area (Å²) >= 11 is 0. The summed E-state index contributed by atoms with van der Waals surface area (Å²) in [5, 5.41) is 11.8. The van der Waals surface area contributed by atoms with Crippen LogP contribution in [0.4, 0.5) is 0 Å². The average molecular weight is 158 g/mol. The average Bonchev–Trinajstić information content (AvgIpc) is 2.01. The van der Waals surface area contributed by atoms with E-state index in [4.69, 9.17) is 5.84 Å². The molecule has 0 spiro atoms. The van der Waals surface area contributed by atoms with Gasteiger partial charge >= 0.3 is 0 Å². The van der Waals surface area contributed by atoms with Crippen molar-refractivity contribution in [2.45, 2.75) is 39.2 Å². The first kappa shape index (κ1) is 10.2. The smallest absolute Gasteiger partial charge is 0.151 e. The van der Waals surface area contributed by atoms with Crippen molar-refractivity contribution in [2.24, 2.45) is 0 Å². The van der Waals surface area contributed by atoms with Crippen molar-refractivity contribution in [3.8, 4) is 0 Å². The lowest BCUT2D eigenvalue weighted by atomic mass is 9.96. The van der Waals surface area contributed by atoms with Crippen molar-refractivity contribution < 1.29 is 4.79 Å². The van der Waals surface area contributed by atoms with Crippen molar-refractivity contribution in [1.29, 1.82) is 0 Å². The van der Waals surface area contributed by atoms with Gasteiger partial charge in [0.2, 0.25) is 0 Å². The highest BCUT2D eigenvalue weighted by Crippen LogP contribution is 2.21. The molecular formula is C7H16N3O-. The number of hydrazone groups is 1. The molecule has 0 fully saturated rings. The minimum Gasteiger partial charge on any atom is -0.810 e. The lowest BCUT2D eigenvalue weighted by Gasteiger charge is -2.47. The van der Waals surface area contributed by atoms with Crippen molar-refractivity contribution in [1.82, 2.24) is 5.17 Å². The molecule has 0 heterocycles. The molecule has 11 heavy (non-hydrogen) atoms. The zero-order valence-electron chi connectivity index (χ0n) is 7.42. The third kappa shape index (κ3) is 2.08. The maximum Gasteiger partial charge on any atom is 0.151 e. The fraction of sp³-hybridized carbons (Fsp3) is 0.857. The Morgan fingerprint density at radius 3 is 2.00 bits per heavy atom. The Balaban J connectivity index is 4.36. The van der Waals surface area contributed by atoms with E-state index in [0.717, 1.165) is 12.8 Å². The van der Waals surface area contributed by atoms with E-state index in [9.17, 15) is 5.21 Å². The predicted octanol–water partition coefficient (Wildman–Crippen LogP) is 1.96. The van der Waals surface area contributed by atoms with Crippen molar-refractivity contribution in [2.75, 3.05) is 0 Å². The van der Waals surface area contributed by atoms with Gasteiger partial charge in [-0.05, 0) is 12.8 Å². The van der Waals surface area contributed by atoms with Crippen LogP contribution in [0.2, 0.25) is 0 Å². The molecule has 0 aliphatic rings. The van der Waals surface area contributed by atoms with Gasteiger partial charge in [0.1, 0.15) is 0 Å². The van der Waals surface area contributed by atoms with E-state index in [-0.39, 0.29) is 0 Å². The van der Waals surface area contributed by atoms with Gasteiger partial charge in [-0.3, -0.25) is 0 Å². The van der Waals surface area contributed by atoms with Crippen LogP contribution < -0.4 is 0 Å². The van der Waals surface area contributed by atoms with Crippen LogP contribution in [0.15, 0.2) is 0 Å². The standard InChI is InChI=1S/C7H16N3O/c1-5-7(3,6-2)10(11)9(4)8/h8H,4-6H2,1-3H3/q-1. The zero-order chi connectivity index (χ0) is 9.07. The summed E-state index contributed by atoms with van der Waals surface area (Å²) < 4.78 is 0. The second-order valence-electron chi connectivity index (χ2n) is 2.88. The summed E-state index contributed by atoms with van der Waals surface area (Å²) in [6.45, 7) is 8.90. The third-order valence-electron chi connectivity index (χ3n) is 2.20. The molecule has 4 heteroatoms. The molecule has 0 atom stereocenters. The molecule has 0 bridgehead atoms. The van der Waals surface area contributed by atoms with Gasteiger partial charge in [-0.25, -0.2) is 5.84 Å². The highest BCUT2D eigenvalue weighted by Gasteiger charge is 2.19. The number of hydrazine groups is 1. The maximum absolute atomic E-state index is 11.2. The molecular weight excluding hydrogens is 142 g/mol. The highest BCUT2D eigenvalue weighted by atomic mass is 16.6. The summed E-state index contributed by atoms with van der Waals surface area (Å²) in [6, 6.07) is 0. The number of nitrogens with zero attached hydrogens (tertiary/aromatic N) is 2. The van der Waals surface area contributed by atoms with E-state index >= 15 is 0 Å². The number of hydrogen-bond donors (Lipinski definition) is 0. The largest absolute Gasteiger partial charge is 0.810 e. The van der Waals surface area contributed by atoms with Crippen LogP contribution >= 0.6 is 0 Å². The lowest BCUT2D eigenvalue weighted by Crippen LogP contribution is -2.44. The molecule has 0 radical (unpaired) electrons. The van der Waals surface area contributed by atoms with Gasteiger partial charge in [-0.1, -0.05) is 20.8 Å². The van der Waals surface area contributed by atoms with Crippen molar-refractivity contribution >= 4 is 6.72 Å². The second-order valence-corrected chi connectivity index (χ2v) is 2.88. The minimum atomic E-state index is -0.483. The van der Waals surface area contributed by atoms with Crippen LogP contribution in [-0.2, 0) is 0 Å². The van der Waals surface area contributed by atoms with E-state index < -0.39 is 5.54 Å². The normalized spacial score (nSPS) is 11.3.